The first kappa shape index (κ1) is 22.2. The highest BCUT2D eigenvalue weighted by Gasteiger charge is 2.35. The maximum atomic E-state index is 14.0. The van der Waals surface area contributed by atoms with E-state index in [1.54, 1.807) is 6.07 Å². The molecule has 8 heteroatoms. The fourth-order valence-electron chi connectivity index (χ4n) is 3.59. The average Bonchev–Trinajstić information content (AvgIpc) is 2.60. The van der Waals surface area contributed by atoms with Gasteiger partial charge in [0.25, 0.3) is 0 Å². The fraction of sp³-hybridized carbons (Fsp3) is 0.409. The van der Waals surface area contributed by atoms with E-state index in [1.165, 1.54) is 18.2 Å². The predicted octanol–water partition coefficient (Wildman–Crippen LogP) is 3.31. The molecule has 1 unspecified atom stereocenters. The monoisotopic (exact) mass is 434 g/mol. The van der Waals surface area contributed by atoms with E-state index in [0.29, 0.717) is 12.2 Å². The topological polar surface area (TPSA) is 75.7 Å². The molecule has 0 saturated carbocycles. The van der Waals surface area contributed by atoms with Gasteiger partial charge in [0.2, 0.25) is 15.9 Å². The van der Waals surface area contributed by atoms with E-state index in [0.717, 1.165) is 21.7 Å². The number of aryl methyl sites for hydroxylation is 1. The van der Waals surface area contributed by atoms with E-state index in [2.05, 4.69) is 5.32 Å². The van der Waals surface area contributed by atoms with E-state index >= 15 is 0 Å². The summed E-state index contributed by atoms with van der Waals surface area (Å²) >= 11 is 0. The molecule has 0 radical (unpaired) electrons. The summed E-state index contributed by atoms with van der Waals surface area (Å²) in [5, 5.41) is 2.93. The molecule has 0 saturated heterocycles. The molecule has 1 aliphatic rings. The number of halogens is 1. The van der Waals surface area contributed by atoms with Gasteiger partial charge in [-0.3, -0.25) is 4.79 Å². The number of nitrogens with one attached hydrogen (secondary N) is 1. The largest absolute Gasteiger partial charge is 0.487 e. The molecular weight excluding hydrogens is 407 g/mol. The van der Waals surface area contributed by atoms with Crippen molar-refractivity contribution in [2.75, 3.05) is 12.8 Å². The van der Waals surface area contributed by atoms with Crippen molar-refractivity contribution in [1.29, 1.82) is 0 Å². The van der Waals surface area contributed by atoms with Crippen molar-refractivity contribution in [2.24, 2.45) is 0 Å². The Morgan fingerprint density at radius 2 is 1.97 bits per heavy atom. The summed E-state index contributed by atoms with van der Waals surface area (Å²) in [5.41, 5.74) is 1.63. The van der Waals surface area contributed by atoms with E-state index in [-0.39, 0.29) is 18.2 Å². The van der Waals surface area contributed by atoms with Gasteiger partial charge in [-0.25, -0.2) is 12.8 Å². The SMILES string of the molecule is Cc1ccc2c(c1)OC(C)(C)CC2NC(=O)CN(Cc1ccccc1F)S(C)(=O)=O. The van der Waals surface area contributed by atoms with Gasteiger partial charge in [0, 0.05) is 24.1 Å². The first-order valence-electron chi connectivity index (χ1n) is 9.72. The number of amides is 1. The van der Waals surface area contributed by atoms with Crippen LogP contribution in [0.2, 0.25) is 0 Å². The Bertz CT molecular complexity index is 1050. The van der Waals surface area contributed by atoms with Gasteiger partial charge in [-0.2, -0.15) is 4.31 Å². The highest BCUT2D eigenvalue weighted by atomic mass is 32.2. The highest BCUT2D eigenvalue weighted by Crippen LogP contribution is 2.39. The highest BCUT2D eigenvalue weighted by molar-refractivity contribution is 7.88. The average molecular weight is 435 g/mol. The van der Waals surface area contributed by atoms with Crippen LogP contribution in [0.1, 0.15) is 43.0 Å². The lowest BCUT2D eigenvalue weighted by atomic mass is 9.89. The van der Waals surface area contributed by atoms with Crippen molar-refractivity contribution in [3.05, 3.63) is 65.0 Å². The van der Waals surface area contributed by atoms with Crippen molar-refractivity contribution in [3.8, 4) is 5.75 Å². The van der Waals surface area contributed by atoms with Crippen LogP contribution in [-0.2, 0) is 21.4 Å². The zero-order valence-electron chi connectivity index (χ0n) is 17.6. The number of fused-ring (bicyclic) bond motifs is 1. The van der Waals surface area contributed by atoms with Crippen LogP contribution in [0, 0.1) is 12.7 Å². The zero-order valence-corrected chi connectivity index (χ0v) is 18.4. The van der Waals surface area contributed by atoms with E-state index in [1.807, 2.05) is 39.0 Å². The normalized spacial score (nSPS) is 17.9. The first-order valence-corrected chi connectivity index (χ1v) is 11.6. The molecule has 3 rings (SSSR count). The van der Waals surface area contributed by atoms with Crippen LogP contribution < -0.4 is 10.1 Å². The number of ether oxygens (including phenoxy) is 1. The molecule has 2 aromatic rings. The Morgan fingerprint density at radius 1 is 1.27 bits per heavy atom. The van der Waals surface area contributed by atoms with Crippen molar-refractivity contribution in [3.63, 3.8) is 0 Å². The first-order chi connectivity index (χ1) is 13.9. The summed E-state index contributed by atoms with van der Waals surface area (Å²) in [6.07, 6.45) is 1.55. The van der Waals surface area contributed by atoms with E-state index < -0.39 is 33.9 Å². The minimum Gasteiger partial charge on any atom is -0.487 e. The Hall–Kier alpha value is -2.45. The Morgan fingerprint density at radius 3 is 2.63 bits per heavy atom. The molecule has 0 aromatic heterocycles. The van der Waals surface area contributed by atoms with E-state index in [9.17, 15) is 17.6 Å². The summed E-state index contributed by atoms with van der Waals surface area (Å²) in [6.45, 7) is 5.24. The molecule has 6 nitrogen and oxygen atoms in total. The van der Waals surface area contributed by atoms with E-state index in [4.69, 9.17) is 4.74 Å². The Kier molecular flexibility index (Phi) is 6.19. The van der Waals surface area contributed by atoms with Gasteiger partial charge in [0.05, 0.1) is 18.8 Å². The van der Waals surface area contributed by atoms with Crippen molar-refractivity contribution in [1.82, 2.24) is 9.62 Å². The Balaban J connectivity index is 1.78. The summed E-state index contributed by atoms with van der Waals surface area (Å²) in [4.78, 5) is 12.8. The number of hydrogen-bond donors (Lipinski definition) is 1. The van der Waals surface area contributed by atoms with Gasteiger partial charge in [-0.1, -0.05) is 30.3 Å². The molecular formula is C22H27FN2O4S. The lowest BCUT2D eigenvalue weighted by molar-refractivity contribution is -0.122. The van der Waals surface area contributed by atoms with Crippen LogP contribution in [0.25, 0.3) is 0 Å². The molecule has 1 amide bonds. The molecule has 1 heterocycles. The summed E-state index contributed by atoms with van der Waals surface area (Å²) in [5.74, 6) is -0.254. The molecule has 0 aliphatic carbocycles. The lowest BCUT2D eigenvalue weighted by Gasteiger charge is -2.38. The van der Waals surface area contributed by atoms with Gasteiger partial charge in [0.1, 0.15) is 17.2 Å². The van der Waals surface area contributed by atoms with Gasteiger partial charge in [-0.05, 0) is 38.5 Å². The molecule has 1 aliphatic heterocycles. The molecule has 0 fully saturated rings. The van der Waals surface area contributed by atoms with Crippen LogP contribution >= 0.6 is 0 Å². The van der Waals surface area contributed by atoms with Crippen molar-refractivity contribution in [2.45, 2.75) is 45.4 Å². The quantitative estimate of drug-likeness (QED) is 0.757. The molecule has 2 aromatic carbocycles. The summed E-state index contributed by atoms with van der Waals surface area (Å²) in [6, 6.07) is 11.4. The predicted molar refractivity (Wildman–Crippen MR) is 113 cm³/mol. The van der Waals surface area contributed by atoms with Crippen molar-refractivity contribution >= 4 is 15.9 Å². The minimum atomic E-state index is -3.72. The van der Waals surface area contributed by atoms with Crippen LogP contribution in [0.5, 0.6) is 5.75 Å². The number of hydrogen-bond acceptors (Lipinski definition) is 4. The van der Waals surface area contributed by atoms with Crippen LogP contribution in [0.3, 0.4) is 0 Å². The molecule has 162 valence electrons. The van der Waals surface area contributed by atoms with Crippen LogP contribution in [0.15, 0.2) is 42.5 Å². The number of sulfonamides is 1. The minimum absolute atomic E-state index is 0.212. The summed E-state index contributed by atoms with van der Waals surface area (Å²) in [7, 11) is -3.72. The number of carbonyl (C=O) groups is 1. The lowest BCUT2D eigenvalue weighted by Crippen LogP contribution is -2.45. The third kappa shape index (κ3) is 5.37. The van der Waals surface area contributed by atoms with Crippen LogP contribution in [-0.4, -0.2) is 37.0 Å². The molecule has 1 atom stereocenters. The van der Waals surface area contributed by atoms with Crippen molar-refractivity contribution < 1.29 is 22.3 Å². The Labute approximate surface area is 177 Å². The maximum absolute atomic E-state index is 14.0. The van der Waals surface area contributed by atoms with Crippen LogP contribution in [0.4, 0.5) is 4.39 Å². The third-order valence-corrected chi connectivity index (χ3v) is 6.25. The van der Waals surface area contributed by atoms with Gasteiger partial charge in [-0.15, -0.1) is 0 Å². The zero-order chi connectivity index (χ0) is 22.1. The second kappa shape index (κ2) is 8.35. The molecule has 1 N–H and O–H groups in total. The molecule has 0 spiro atoms. The number of carbonyl (C=O) groups excluding carboxylic acids is 1. The molecule has 30 heavy (non-hydrogen) atoms. The summed E-state index contributed by atoms with van der Waals surface area (Å²) < 4.78 is 45.4. The number of rotatable bonds is 6. The number of benzene rings is 2. The van der Waals surface area contributed by atoms with Gasteiger partial charge in [0.15, 0.2) is 0 Å². The maximum Gasteiger partial charge on any atom is 0.235 e. The smallest absolute Gasteiger partial charge is 0.235 e. The number of nitrogens with zero attached hydrogens (tertiary/aromatic N) is 1. The molecule has 0 bridgehead atoms. The fourth-order valence-corrected chi connectivity index (χ4v) is 4.32. The van der Waals surface area contributed by atoms with Gasteiger partial charge < -0.3 is 10.1 Å². The second-order valence-electron chi connectivity index (χ2n) is 8.35. The standard InChI is InChI=1S/C22H27FN2O4S/c1-15-9-10-17-19(12-22(2,3)29-20(17)11-15)24-21(26)14-25(30(4,27)28)13-16-7-5-6-8-18(16)23/h5-11,19H,12-14H2,1-4H3,(H,24,26). The second-order valence-corrected chi connectivity index (χ2v) is 10.3. The third-order valence-electron chi connectivity index (χ3n) is 5.06. The van der Waals surface area contributed by atoms with Gasteiger partial charge >= 0.3 is 0 Å².